The third kappa shape index (κ3) is 5.62. The first kappa shape index (κ1) is 26.2. The smallest absolute Gasteiger partial charge is 0.303 e. The molecular weight excluding hydrogens is 500 g/mol. The van der Waals surface area contributed by atoms with Crippen LogP contribution in [-0.4, -0.2) is 52.0 Å². The summed E-state index contributed by atoms with van der Waals surface area (Å²) in [5.41, 5.74) is 0.775. The average molecular weight is 527 g/mol. The first-order valence-corrected chi connectivity index (χ1v) is 12.0. The Labute approximate surface area is 217 Å². The molecule has 0 N–H and O–H groups in total. The van der Waals surface area contributed by atoms with Crippen LogP contribution >= 0.6 is 12.2 Å². The molecule has 0 spiro atoms. The Morgan fingerprint density at radius 3 is 2.24 bits per heavy atom. The van der Waals surface area contributed by atoms with Crippen LogP contribution in [0.15, 0.2) is 59.4 Å². The number of carbonyl (C=O) groups excluding carboxylic acids is 3. The van der Waals surface area contributed by atoms with E-state index < -0.39 is 42.4 Å². The van der Waals surface area contributed by atoms with Crippen LogP contribution in [0.3, 0.4) is 0 Å². The molecule has 1 aliphatic heterocycles. The molecule has 1 fully saturated rings. The van der Waals surface area contributed by atoms with E-state index in [4.69, 9.17) is 31.2 Å². The van der Waals surface area contributed by atoms with Crippen molar-refractivity contribution in [2.45, 2.75) is 51.7 Å². The van der Waals surface area contributed by atoms with Crippen LogP contribution in [0.2, 0.25) is 0 Å². The van der Waals surface area contributed by atoms with E-state index in [1.54, 1.807) is 53.1 Å². The number of para-hydroxylation sites is 2. The zero-order valence-electron chi connectivity index (χ0n) is 20.5. The van der Waals surface area contributed by atoms with Gasteiger partial charge in [0.1, 0.15) is 25.0 Å². The zero-order chi connectivity index (χ0) is 26.7. The van der Waals surface area contributed by atoms with Crippen molar-refractivity contribution in [2.75, 3.05) is 6.61 Å². The lowest BCUT2D eigenvalue weighted by molar-refractivity contribution is -0.226. The van der Waals surface area contributed by atoms with Gasteiger partial charge in [0.15, 0.2) is 10.9 Å². The molecule has 10 nitrogen and oxygen atoms in total. The molecule has 2 heterocycles. The summed E-state index contributed by atoms with van der Waals surface area (Å²) >= 11 is 5.81. The van der Waals surface area contributed by atoms with Gasteiger partial charge in [0.05, 0.1) is 16.6 Å². The Balaban J connectivity index is 1.89. The van der Waals surface area contributed by atoms with E-state index in [1.807, 2.05) is 6.07 Å². The summed E-state index contributed by atoms with van der Waals surface area (Å²) in [7, 11) is 0. The van der Waals surface area contributed by atoms with Crippen molar-refractivity contribution in [3.63, 3.8) is 0 Å². The van der Waals surface area contributed by atoms with Gasteiger partial charge in [0.25, 0.3) is 5.56 Å². The number of benzene rings is 2. The van der Waals surface area contributed by atoms with Gasteiger partial charge in [-0.3, -0.25) is 28.3 Å². The molecule has 0 aliphatic carbocycles. The highest BCUT2D eigenvalue weighted by Crippen LogP contribution is 2.34. The Kier molecular flexibility index (Phi) is 7.84. The molecule has 4 atom stereocenters. The van der Waals surface area contributed by atoms with Gasteiger partial charge in [-0.15, -0.1) is 0 Å². The second kappa shape index (κ2) is 11.1. The maximum absolute atomic E-state index is 13.5. The Bertz CT molecular complexity index is 1450. The van der Waals surface area contributed by atoms with Gasteiger partial charge in [0, 0.05) is 27.2 Å². The summed E-state index contributed by atoms with van der Waals surface area (Å²) in [6.45, 7) is 3.45. The molecule has 194 valence electrons. The highest BCUT2D eigenvalue weighted by molar-refractivity contribution is 7.71. The molecule has 2 aromatic carbocycles. The van der Waals surface area contributed by atoms with E-state index in [0.29, 0.717) is 16.6 Å². The third-order valence-corrected chi connectivity index (χ3v) is 6.25. The predicted octanol–water partition coefficient (Wildman–Crippen LogP) is 3.24. The predicted molar refractivity (Wildman–Crippen MR) is 135 cm³/mol. The number of ether oxygens (including phenoxy) is 4. The highest BCUT2D eigenvalue weighted by atomic mass is 32.1. The lowest BCUT2D eigenvalue weighted by Gasteiger charge is -2.41. The summed E-state index contributed by atoms with van der Waals surface area (Å²) in [6.07, 6.45) is -3.74. The monoisotopic (exact) mass is 526 g/mol. The standard InChI is InChI=1S/C26H26N2O8S/c1-15(29)33-14-22-24(35-17(3)31)21(34-16(2)30)13-23(36-22)28-20-12-8-7-11-19(20)25(32)27(26(28)37)18-9-5-4-6-10-18/h4-12,21-24H,13-14H2,1-3H3. The fraction of sp³-hybridized carbons (Fsp3) is 0.346. The molecule has 4 rings (SSSR count). The number of hydrogen-bond donors (Lipinski definition) is 0. The number of fused-ring (bicyclic) bond motifs is 1. The van der Waals surface area contributed by atoms with Gasteiger partial charge in [-0.2, -0.15) is 0 Å². The molecule has 0 saturated carbocycles. The van der Waals surface area contributed by atoms with Crippen molar-refractivity contribution in [2.24, 2.45) is 0 Å². The maximum Gasteiger partial charge on any atom is 0.303 e. The largest absolute Gasteiger partial charge is 0.463 e. The van der Waals surface area contributed by atoms with Gasteiger partial charge < -0.3 is 18.9 Å². The van der Waals surface area contributed by atoms with Gasteiger partial charge in [0.2, 0.25) is 0 Å². The Morgan fingerprint density at radius 1 is 0.946 bits per heavy atom. The number of carbonyl (C=O) groups is 3. The van der Waals surface area contributed by atoms with E-state index in [0.717, 1.165) is 0 Å². The third-order valence-electron chi connectivity index (χ3n) is 5.87. The lowest BCUT2D eigenvalue weighted by atomic mass is 10.00. The molecule has 3 aromatic rings. The summed E-state index contributed by atoms with van der Waals surface area (Å²) < 4.78 is 25.7. The molecule has 11 heteroatoms. The minimum Gasteiger partial charge on any atom is -0.463 e. The summed E-state index contributed by atoms with van der Waals surface area (Å²) in [6, 6.07) is 15.9. The first-order valence-electron chi connectivity index (χ1n) is 11.6. The summed E-state index contributed by atoms with van der Waals surface area (Å²) in [4.78, 5) is 48.9. The minimum absolute atomic E-state index is 0.0550. The molecule has 37 heavy (non-hydrogen) atoms. The van der Waals surface area contributed by atoms with Crippen LogP contribution in [0.4, 0.5) is 0 Å². The molecule has 0 bridgehead atoms. The normalized spacial score (nSPS) is 21.3. The van der Waals surface area contributed by atoms with Crippen molar-refractivity contribution < 1.29 is 33.3 Å². The van der Waals surface area contributed by atoms with Crippen LogP contribution in [-0.2, 0) is 33.3 Å². The number of esters is 3. The van der Waals surface area contributed by atoms with Gasteiger partial charge in [-0.25, -0.2) is 0 Å². The number of hydrogen-bond acceptors (Lipinski definition) is 9. The molecular formula is C26H26N2O8S. The van der Waals surface area contributed by atoms with E-state index in [-0.39, 0.29) is 23.4 Å². The van der Waals surface area contributed by atoms with Gasteiger partial charge >= 0.3 is 17.9 Å². The topological polar surface area (TPSA) is 115 Å². The fourth-order valence-electron chi connectivity index (χ4n) is 4.44. The Morgan fingerprint density at radius 2 is 1.59 bits per heavy atom. The van der Waals surface area contributed by atoms with Crippen LogP contribution in [0.25, 0.3) is 16.6 Å². The van der Waals surface area contributed by atoms with Gasteiger partial charge in [-0.1, -0.05) is 30.3 Å². The molecule has 0 amide bonds. The minimum atomic E-state index is -1.03. The molecule has 1 saturated heterocycles. The van der Waals surface area contributed by atoms with E-state index in [2.05, 4.69) is 0 Å². The van der Waals surface area contributed by atoms with E-state index in [9.17, 15) is 19.2 Å². The van der Waals surface area contributed by atoms with Crippen molar-refractivity contribution >= 4 is 41.0 Å². The lowest BCUT2D eigenvalue weighted by Crippen LogP contribution is -2.52. The number of aromatic nitrogens is 2. The molecule has 4 unspecified atom stereocenters. The zero-order valence-corrected chi connectivity index (χ0v) is 21.3. The maximum atomic E-state index is 13.5. The molecule has 0 radical (unpaired) electrons. The van der Waals surface area contributed by atoms with E-state index >= 15 is 0 Å². The van der Waals surface area contributed by atoms with Crippen molar-refractivity contribution in [1.82, 2.24) is 9.13 Å². The second-order valence-electron chi connectivity index (χ2n) is 8.54. The fourth-order valence-corrected chi connectivity index (χ4v) is 4.85. The second-order valence-corrected chi connectivity index (χ2v) is 8.90. The SMILES string of the molecule is CC(=O)OCC1OC(n2c(=S)n(-c3ccccc3)c(=O)c3ccccc32)CC(OC(C)=O)C1OC(C)=O. The van der Waals surface area contributed by atoms with Gasteiger partial charge in [-0.05, 0) is 36.5 Å². The molecule has 1 aromatic heterocycles. The van der Waals surface area contributed by atoms with Crippen LogP contribution in [0, 0.1) is 4.77 Å². The van der Waals surface area contributed by atoms with Crippen LogP contribution in [0.1, 0.15) is 33.4 Å². The van der Waals surface area contributed by atoms with Crippen LogP contribution < -0.4 is 5.56 Å². The van der Waals surface area contributed by atoms with Crippen molar-refractivity contribution in [3.8, 4) is 5.69 Å². The Hall–Kier alpha value is -3.83. The molecule has 1 aliphatic rings. The highest BCUT2D eigenvalue weighted by Gasteiger charge is 2.44. The summed E-state index contributed by atoms with van der Waals surface area (Å²) in [5, 5.41) is 0.395. The summed E-state index contributed by atoms with van der Waals surface area (Å²) in [5.74, 6) is -1.76. The first-order chi connectivity index (χ1) is 17.7. The van der Waals surface area contributed by atoms with Crippen molar-refractivity contribution in [1.29, 1.82) is 0 Å². The van der Waals surface area contributed by atoms with Crippen LogP contribution in [0.5, 0.6) is 0 Å². The number of rotatable bonds is 6. The quantitative estimate of drug-likeness (QED) is 0.271. The number of nitrogens with zero attached hydrogens (tertiary/aromatic N) is 2. The van der Waals surface area contributed by atoms with E-state index in [1.165, 1.54) is 25.3 Å². The van der Waals surface area contributed by atoms with Crippen molar-refractivity contribution in [3.05, 3.63) is 69.7 Å². The average Bonchev–Trinajstić information content (AvgIpc) is 2.84.